The summed E-state index contributed by atoms with van der Waals surface area (Å²) < 4.78 is 0. The van der Waals surface area contributed by atoms with Crippen LogP contribution in [-0.4, -0.2) is 25.3 Å². The van der Waals surface area contributed by atoms with Gasteiger partial charge in [-0.05, 0) is 23.3 Å². The molecule has 0 fully saturated rings. The van der Waals surface area contributed by atoms with Crippen LogP contribution in [0.15, 0.2) is 34.9 Å². The molecule has 0 bridgehead atoms. The van der Waals surface area contributed by atoms with Gasteiger partial charge in [-0.15, -0.1) is 0 Å². The number of allylic oxidation sites excluding steroid dienone is 1. The average Bonchev–Trinajstić information content (AvgIpc) is 2.34. The van der Waals surface area contributed by atoms with Gasteiger partial charge >= 0.3 is 0 Å². The van der Waals surface area contributed by atoms with E-state index in [1.165, 1.54) is 0 Å². The third-order valence-electron chi connectivity index (χ3n) is 1.90. The standard InChI is InChI=1S/C13H12N4/c1-17(2)16-10-12-5-3-4-11(6-12)7-13(8-14)9-15/h3-7,10H,1-2H3. The molecule has 1 aromatic carbocycles. The molecule has 0 saturated heterocycles. The smallest absolute Gasteiger partial charge is 0.130 e. The molecule has 0 N–H and O–H groups in total. The molecule has 0 aromatic heterocycles. The first-order valence-electron chi connectivity index (χ1n) is 4.99. The van der Waals surface area contributed by atoms with E-state index in [9.17, 15) is 0 Å². The highest BCUT2D eigenvalue weighted by Gasteiger charge is 1.95. The lowest BCUT2D eigenvalue weighted by atomic mass is 10.1. The lowest BCUT2D eigenvalue weighted by Crippen LogP contribution is -2.01. The Bertz CT molecular complexity index is 511. The SMILES string of the molecule is CN(C)N=Cc1cccc(C=C(C#N)C#N)c1. The maximum Gasteiger partial charge on any atom is 0.130 e. The number of hydrogen-bond acceptors (Lipinski definition) is 4. The molecule has 0 unspecified atom stereocenters. The highest BCUT2D eigenvalue weighted by Crippen LogP contribution is 2.08. The monoisotopic (exact) mass is 224 g/mol. The fourth-order valence-corrected chi connectivity index (χ4v) is 1.17. The topological polar surface area (TPSA) is 63.2 Å². The summed E-state index contributed by atoms with van der Waals surface area (Å²) in [6.45, 7) is 0. The third-order valence-corrected chi connectivity index (χ3v) is 1.90. The molecule has 0 amide bonds. The van der Waals surface area contributed by atoms with Crippen LogP contribution >= 0.6 is 0 Å². The Labute approximate surface area is 101 Å². The van der Waals surface area contributed by atoms with E-state index >= 15 is 0 Å². The Balaban J connectivity index is 2.99. The van der Waals surface area contributed by atoms with Gasteiger partial charge in [-0.25, -0.2) is 0 Å². The van der Waals surface area contributed by atoms with Gasteiger partial charge in [0.05, 0.1) is 6.21 Å². The van der Waals surface area contributed by atoms with E-state index in [4.69, 9.17) is 10.5 Å². The van der Waals surface area contributed by atoms with Gasteiger partial charge in [-0.2, -0.15) is 15.6 Å². The second-order valence-electron chi connectivity index (χ2n) is 3.54. The largest absolute Gasteiger partial charge is 0.303 e. The molecular formula is C13H12N4. The zero-order valence-electron chi connectivity index (χ0n) is 9.75. The van der Waals surface area contributed by atoms with Gasteiger partial charge in [0.15, 0.2) is 0 Å². The molecule has 17 heavy (non-hydrogen) atoms. The average molecular weight is 224 g/mol. The van der Waals surface area contributed by atoms with Gasteiger partial charge in [0.25, 0.3) is 0 Å². The Kier molecular flexibility index (Phi) is 4.47. The second kappa shape index (κ2) is 6.09. The third kappa shape index (κ3) is 4.19. The minimum Gasteiger partial charge on any atom is -0.303 e. The number of hydrazone groups is 1. The van der Waals surface area contributed by atoms with Crippen molar-refractivity contribution in [3.63, 3.8) is 0 Å². The number of rotatable bonds is 3. The van der Waals surface area contributed by atoms with E-state index < -0.39 is 0 Å². The van der Waals surface area contributed by atoms with Gasteiger partial charge < -0.3 is 5.01 Å². The maximum absolute atomic E-state index is 8.66. The molecule has 4 nitrogen and oxygen atoms in total. The molecule has 1 rings (SSSR count). The molecule has 0 aliphatic rings. The molecule has 0 radical (unpaired) electrons. The summed E-state index contributed by atoms with van der Waals surface area (Å²) in [5.41, 5.74) is 1.82. The summed E-state index contributed by atoms with van der Waals surface area (Å²) in [5, 5.41) is 23.1. The fourth-order valence-electron chi connectivity index (χ4n) is 1.17. The maximum atomic E-state index is 8.66. The second-order valence-corrected chi connectivity index (χ2v) is 3.54. The van der Waals surface area contributed by atoms with Crippen molar-refractivity contribution in [2.45, 2.75) is 0 Å². The summed E-state index contributed by atoms with van der Waals surface area (Å²) in [4.78, 5) is 0. The minimum absolute atomic E-state index is 0.0895. The van der Waals surface area contributed by atoms with E-state index in [0.717, 1.165) is 11.1 Å². The van der Waals surface area contributed by atoms with Crippen molar-refractivity contribution < 1.29 is 0 Å². The van der Waals surface area contributed by atoms with Crippen LogP contribution in [0.2, 0.25) is 0 Å². The minimum atomic E-state index is 0.0895. The van der Waals surface area contributed by atoms with Crippen molar-refractivity contribution in [1.82, 2.24) is 5.01 Å². The van der Waals surface area contributed by atoms with Crippen molar-refractivity contribution in [3.8, 4) is 12.1 Å². The lowest BCUT2D eigenvalue weighted by molar-refractivity contribution is 0.440. The number of nitriles is 2. The van der Waals surface area contributed by atoms with Crippen LogP contribution in [0.5, 0.6) is 0 Å². The Morgan fingerprint density at radius 3 is 2.47 bits per heavy atom. The van der Waals surface area contributed by atoms with E-state index in [0.29, 0.717) is 0 Å². The Morgan fingerprint density at radius 1 is 1.24 bits per heavy atom. The van der Waals surface area contributed by atoms with Crippen molar-refractivity contribution >= 4 is 12.3 Å². The number of nitrogens with zero attached hydrogens (tertiary/aromatic N) is 4. The summed E-state index contributed by atoms with van der Waals surface area (Å²) in [6.07, 6.45) is 3.27. The van der Waals surface area contributed by atoms with Gasteiger partial charge in [0.1, 0.15) is 17.7 Å². The van der Waals surface area contributed by atoms with Crippen LogP contribution in [0.1, 0.15) is 11.1 Å². The number of benzene rings is 1. The Hall–Kier alpha value is -2.59. The van der Waals surface area contributed by atoms with Crippen LogP contribution in [0.25, 0.3) is 6.08 Å². The quantitative estimate of drug-likeness (QED) is 0.448. The highest BCUT2D eigenvalue weighted by atomic mass is 15.4. The molecule has 1 aromatic rings. The summed E-state index contributed by atoms with van der Waals surface area (Å²) in [7, 11) is 3.67. The molecular weight excluding hydrogens is 212 g/mol. The zero-order valence-corrected chi connectivity index (χ0v) is 9.75. The molecule has 0 heterocycles. The van der Waals surface area contributed by atoms with Crippen LogP contribution < -0.4 is 0 Å². The van der Waals surface area contributed by atoms with Crippen molar-refractivity contribution in [3.05, 3.63) is 41.0 Å². The fraction of sp³-hybridized carbons (Fsp3) is 0.154. The van der Waals surface area contributed by atoms with E-state index in [1.54, 1.807) is 17.3 Å². The van der Waals surface area contributed by atoms with Crippen LogP contribution in [-0.2, 0) is 0 Å². The summed E-state index contributed by atoms with van der Waals surface area (Å²) >= 11 is 0. The van der Waals surface area contributed by atoms with E-state index in [2.05, 4.69) is 5.10 Å². The van der Waals surface area contributed by atoms with Crippen LogP contribution in [0.4, 0.5) is 0 Å². The first kappa shape index (κ1) is 12.5. The van der Waals surface area contributed by atoms with Gasteiger partial charge in [0, 0.05) is 14.1 Å². The molecule has 84 valence electrons. The Morgan fingerprint density at radius 2 is 1.88 bits per heavy atom. The van der Waals surface area contributed by atoms with Crippen LogP contribution in [0.3, 0.4) is 0 Å². The highest BCUT2D eigenvalue weighted by molar-refractivity contribution is 5.81. The zero-order chi connectivity index (χ0) is 12.7. The predicted octanol–water partition coefficient (Wildman–Crippen LogP) is 2.01. The van der Waals surface area contributed by atoms with Gasteiger partial charge in [-0.3, -0.25) is 0 Å². The lowest BCUT2D eigenvalue weighted by Gasteiger charge is -2.02. The molecule has 4 heteroatoms. The van der Waals surface area contributed by atoms with Gasteiger partial charge in [-0.1, -0.05) is 18.2 Å². The predicted molar refractivity (Wildman–Crippen MR) is 66.9 cm³/mol. The summed E-state index contributed by atoms with van der Waals surface area (Å²) in [5.74, 6) is 0. The molecule has 0 spiro atoms. The molecule has 0 aliphatic carbocycles. The van der Waals surface area contributed by atoms with E-state index in [-0.39, 0.29) is 5.57 Å². The van der Waals surface area contributed by atoms with Crippen LogP contribution in [0, 0.1) is 22.7 Å². The van der Waals surface area contributed by atoms with Crippen molar-refractivity contribution in [2.75, 3.05) is 14.1 Å². The molecule has 0 atom stereocenters. The van der Waals surface area contributed by atoms with E-state index in [1.807, 2.05) is 50.5 Å². The normalized spacial score (nSPS) is 9.41. The molecule has 0 saturated carbocycles. The first-order chi connectivity index (χ1) is 8.15. The molecule has 0 aliphatic heterocycles. The van der Waals surface area contributed by atoms with Crippen molar-refractivity contribution in [1.29, 1.82) is 10.5 Å². The first-order valence-corrected chi connectivity index (χ1v) is 4.99. The van der Waals surface area contributed by atoms with Crippen molar-refractivity contribution in [2.24, 2.45) is 5.10 Å². The summed E-state index contributed by atoms with van der Waals surface area (Å²) in [6, 6.07) is 11.1. The van der Waals surface area contributed by atoms with Gasteiger partial charge in [0.2, 0.25) is 0 Å². The number of hydrogen-bond donors (Lipinski definition) is 0.